The van der Waals surface area contributed by atoms with E-state index in [4.69, 9.17) is 5.11 Å². The van der Waals surface area contributed by atoms with Crippen LogP contribution in [0.4, 0.5) is 0 Å². The molecule has 0 unspecified atom stereocenters. The molecule has 0 spiro atoms. The van der Waals surface area contributed by atoms with Crippen LogP contribution in [0.5, 0.6) is 0 Å². The smallest absolute Gasteiger partial charge is 0.0431 e. The van der Waals surface area contributed by atoms with Crippen molar-refractivity contribution >= 4 is 0 Å². The maximum absolute atomic E-state index is 8.29. The van der Waals surface area contributed by atoms with Crippen molar-refractivity contribution in [1.82, 2.24) is 0 Å². The SMILES string of the molecule is CCCCCCO.[CH2-]C.[Zn]. The molecule has 0 saturated carbocycles. The Morgan fingerprint density at radius 2 is 1.60 bits per heavy atom. The summed E-state index contributed by atoms with van der Waals surface area (Å²) in [5.41, 5.74) is 0. The van der Waals surface area contributed by atoms with Gasteiger partial charge < -0.3 is 12.0 Å². The molecule has 0 aromatic carbocycles. The predicted octanol–water partition coefficient (Wildman–Crippen LogP) is 2.40. The van der Waals surface area contributed by atoms with Crippen molar-refractivity contribution in [1.29, 1.82) is 0 Å². The van der Waals surface area contributed by atoms with Gasteiger partial charge in [0.15, 0.2) is 0 Å². The zero-order valence-corrected chi connectivity index (χ0v) is 10.4. The van der Waals surface area contributed by atoms with E-state index in [9.17, 15) is 0 Å². The van der Waals surface area contributed by atoms with Gasteiger partial charge in [-0.05, 0) is 6.42 Å². The van der Waals surface area contributed by atoms with Crippen LogP contribution < -0.4 is 0 Å². The van der Waals surface area contributed by atoms with Crippen LogP contribution in [-0.2, 0) is 19.5 Å². The van der Waals surface area contributed by atoms with Crippen LogP contribution in [0.1, 0.15) is 39.5 Å². The summed E-state index contributed by atoms with van der Waals surface area (Å²) < 4.78 is 0. The van der Waals surface area contributed by atoms with Gasteiger partial charge in [-0.25, -0.2) is 0 Å². The molecule has 60 valence electrons. The molecule has 0 rings (SSSR count). The zero-order valence-electron chi connectivity index (χ0n) is 7.40. The molecule has 0 aliphatic heterocycles. The Kier molecular flexibility index (Phi) is 38.3. The fourth-order valence-electron chi connectivity index (χ4n) is 0.539. The fraction of sp³-hybridized carbons (Fsp3) is 0.875. The minimum atomic E-state index is 0. The Bertz CT molecular complexity index is 28.4. The molecule has 0 aromatic heterocycles. The van der Waals surface area contributed by atoms with Crippen molar-refractivity contribution in [2.45, 2.75) is 39.5 Å². The summed E-state index contributed by atoms with van der Waals surface area (Å²) in [5, 5.41) is 8.29. The standard InChI is InChI=1S/C6H14O.C2H5.Zn/c1-2-3-4-5-6-7;1-2;/h7H,2-6H2,1H3;1H2,2H3;/q;-1;. The fourth-order valence-corrected chi connectivity index (χ4v) is 0.539. The minimum absolute atomic E-state index is 0. The van der Waals surface area contributed by atoms with Crippen LogP contribution in [0, 0.1) is 6.92 Å². The first-order valence-corrected chi connectivity index (χ1v) is 3.73. The van der Waals surface area contributed by atoms with Gasteiger partial charge in [-0.2, -0.15) is 6.92 Å². The average Bonchev–Trinajstić information content (AvgIpc) is 1.94. The molecule has 1 N–H and O–H groups in total. The van der Waals surface area contributed by atoms with Gasteiger partial charge in [0, 0.05) is 26.1 Å². The van der Waals surface area contributed by atoms with E-state index in [1.807, 2.05) is 0 Å². The van der Waals surface area contributed by atoms with Gasteiger partial charge in [-0.15, -0.1) is 0 Å². The second kappa shape index (κ2) is 22.6. The van der Waals surface area contributed by atoms with E-state index in [1.54, 1.807) is 6.92 Å². The van der Waals surface area contributed by atoms with Gasteiger partial charge in [0.2, 0.25) is 0 Å². The van der Waals surface area contributed by atoms with Gasteiger partial charge in [-0.3, -0.25) is 0 Å². The van der Waals surface area contributed by atoms with Crippen molar-refractivity contribution in [3.8, 4) is 0 Å². The van der Waals surface area contributed by atoms with Crippen molar-refractivity contribution in [2.24, 2.45) is 0 Å². The normalized spacial score (nSPS) is 7.20. The van der Waals surface area contributed by atoms with Gasteiger partial charge in [0.05, 0.1) is 0 Å². The average molecular weight is 197 g/mol. The van der Waals surface area contributed by atoms with E-state index in [1.165, 1.54) is 19.3 Å². The monoisotopic (exact) mass is 195 g/mol. The Hall–Kier alpha value is 0.583. The second-order valence-corrected chi connectivity index (χ2v) is 1.78. The first-order chi connectivity index (χ1) is 4.41. The minimum Gasteiger partial charge on any atom is -0.396 e. The molecule has 0 saturated heterocycles. The van der Waals surface area contributed by atoms with Crippen LogP contribution in [0.3, 0.4) is 0 Å². The Labute approximate surface area is 78.0 Å². The predicted molar refractivity (Wildman–Crippen MR) is 42.3 cm³/mol. The van der Waals surface area contributed by atoms with Crippen LogP contribution in [0.25, 0.3) is 0 Å². The maximum atomic E-state index is 8.29. The van der Waals surface area contributed by atoms with E-state index in [0.29, 0.717) is 6.61 Å². The molecule has 0 atom stereocenters. The third kappa shape index (κ3) is 23.5. The van der Waals surface area contributed by atoms with Crippen molar-refractivity contribution in [3.63, 3.8) is 0 Å². The molecule has 0 aliphatic carbocycles. The third-order valence-electron chi connectivity index (χ3n) is 1.01. The molecule has 0 aromatic rings. The van der Waals surface area contributed by atoms with E-state index < -0.39 is 0 Å². The van der Waals surface area contributed by atoms with E-state index in [-0.39, 0.29) is 19.5 Å². The molecule has 2 heteroatoms. The van der Waals surface area contributed by atoms with E-state index in [2.05, 4.69) is 13.8 Å². The molecule has 1 nitrogen and oxygen atoms in total. The molecule has 0 heterocycles. The number of hydrogen-bond acceptors (Lipinski definition) is 1. The second-order valence-electron chi connectivity index (χ2n) is 1.78. The van der Waals surface area contributed by atoms with Crippen molar-refractivity contribution in [2.75, 3.05) is 6.61 Å². The Morgan fingerprint density at radius 3 is 1.90 bits per heavy atom. The number of hydrogen-bond donors (Lipinski definition) is 1. The van der Waals surface area contributed by atoms with Crippen LogP contribution >= 0.6 is 0 Å². The van der Waals surface area contributed by atoms with Crippen LogP contribution in [0.2, 0.25) is 0 Å². The summed E-state index contributed by atoms with van der Waals surface area (Å²) in [7, 11) is 0. The van der Waals surface area contributed by atoms with Gasteiger partial charge in [0.1, 0.15) is 0 Å². The van der Waals surface area contributed by atoms with Crippen LogP contribution in [-0.4, -0.2) is 11.7 Å². The summed E-state index contributed by atoms with van der Waals surface area (Å²) >= 11 is 0. The van der Waals surface area contributed by atoms with Crippen molar-refractivity contribution in [3.05, 3.63) is 6.92 Å². The molecular weight excluding hydrogens is 177 g/mol. The molecule has 0 aliphatic rings. The first-order valence-electron chi connectivity index (χ1n) is 3.73. The van der Waals surface area contributed by atoms with Gasteiger partial charge in [0.25, 0.3) is 0 Å². The summed E-state index contributed by atoms with van der Waals surface area (Å²) in [6.07, 6.45) is 4.68. The maximum Gasteiger partial charge on any atom is 0.0431 e. The number of aliphatic hydroxyl groups is 1. The Morgan fingerprint density at radius 1 is 1.10 bits per heavy atom. The summed E-state index contributed by atoms with van der Waals surface area (Å²) in [6.45, 7) is 7.53. The van der Waals surface area contributed by atoms with Crippen LogP contribution in [0.15, 0.2) is 0 Å². The first kappa shape index (κ1) is 16.9. The molecule has 0 amide bonds. The molecule has 0 fully saturated rings. The summed E-state index contributed by atoms with van der Waals surface area (Å²) in [5.74, 6) is 0. The number of rotatable bonds is 4. The molecule has 0 bridgehead atoms. The van der Waals surface area contributed by atoms with E-state index >= 15 is 0 Å². The number of unbranched alkanes of at least 4 members (excludes halogenated alkanes) is 3. The topological polar surface area (TPSA) is 20.2 Å². The number of aliphatic hydroxyl groups excluding tert-OH is 1. The van der Waals surface area contributed by atoms with Gasteiger partial charge in [-0.1, -0.05) is 26.2 Å². The summed E-state index contributed by atoms with van der Waals surface area (Å²) in [6, 6.07) is 0. The summed E-state index contributed by atoms with van der Waals surface area (Å²) in [4.78, 5) is 0. The molecule has 10 heavy (non-hydrogen) atoms. The van der Waals surface area contributed by atoms with Gasteiger partial charge >= 0.3 is 0 Å². The van der Waals surface area contributed by atoms with Crippen molar-refractivity contribution < 1.29 is 24.6 Å². The van der Waals surface area contributed by atoms with E-state index in [0.717, 1.165) is 6.42 Å². The quantitative estimate of drug-likeness (QED) is 0.416. The molecular formula is C8H19OZn-. The Balaban J connectivity index is -0.000000149. The third-order valence-corrected chi connectivity index (χ3v) is 1.01. The molecule has 0 radical (unpaired) electrons. The largest absolute Gasteiger partial charge is 0.396 e. The zero-order chi connectivity index (χ0) is 7.54.